The number of hydrogen-bond acceptors (Lipinski definition) is 6. The van der Waals surface area contributed by atoms with Gasteiger partial charge in [0.25, 0.3) is 0 Å². The Bertz CT molecular complexity index is 1660. The summed E-state index contributed by atoms with van der Waals surface area (Å²) in [6, 6.07) is 24.4. The van der Waals surface area contributed by atoms with Crippen molar-refractivity contribution < 1.29 is 32.6 Å². The molecule has 1 aliphatic heterocycles. The van der Waals surface area contributed by atoms with Crippen LogP contribution in [0.25, 0.3) is 21.5 Å². The topological polar surface area (TPSA) is 133 Å². The summed E-state index contributed by atoms with van der Waals surface area (Å²) in [6.45, 7) is 0.547. The lowest BCUT2D eigenvalue weighted by atomic mass is 10.0. The fourth-order valence-electron chi connectivity index (χ4n) is 5.15. The van der Waals surface area contributed by atoms with Gasteiger partial charge in [-0.05, 0) is 28.8 Å². The average Bonchev–Trinajstić information content (AvgIpc) is 3.01. The minimum absolute atomic E-state index is 0.0142. The number of piperazine rings is 1. The number of carbonyl (C=O) groups excluding carboxylic acids is 2. The first kappa shape index (κ1) is 29.0. The molecule has 4 aromatic rings. The predicted octanol–water partition coefficient (Wildman–Crippen LogP) is 3.99. The summed E-state index contributed by atoms with van der Waals surface area (Å²) in [5.41, 5.74) is 0.754. The first-order valence-corrected chi connectivity index (χ1v) is 15.1. The van der Waals surface area contributed by atoms with Gasteiger partial charge in [-0.3, -0.25) is 4.79 Å². The second-order valence-corrected chi connectivity index (χ2v) is 11.9. The number of fused-ring (bicyclic) bond motifs is 2. The number of carboxylic acids is 1. The maximum atomic E-state index is 13.9. The van der Waals surface area contributed by atoms with Gasteiger partial charge >= 0.3 is 12.1 Å². The molecule has 42 heavy (non-hydrogen) atoms. The van der Waals surface area contributed by atoms with E-state index in [-0.39, 0.29) is 56.4 Å². The average molecular weight is 590 g/mol. The molecule has 11 heteroatoms. The van der Waals surface area contributed by atoms with Gasteiger partial charge in [0, 0.05) is 43.4 Å². The van der Waals surface area contributed by atoms with Gasteiger partial charge in [-0.1, -0.05) is 78.9 Å². The number of carboxylic acid groups (broad SMARTS) is 1. The first-order valence-electron chi connectivity index (χ1n) is 13.6. The van der Waals surface area contributed by atoms with Crippen LogP contribution in [0.1, 0.15) is 18.4 Å². The van der Waals surface area contributed by atoms with Crippen molar-refractivity contribution in [3.63, 3.8) is 0 Å². The minimum atomic E-state index is -3.88. The molecule has 1 atom stereocenters. The van der Waals surface area contributed by atoms with E-state index in [1.807, 2.05) is 48.5 Å². The molecule has 0 aliphatic carbocycles. The number of nitrogens with zero attached hydrogens (tertiary/aromatic N) is 2. The monoisotopic (exact) mass is 589 g/mol. The summed E-state index contributed by atoms with van der Waals surface area (Å²) in [7, 11) is -3.88. The Balaban J connectivity index is 1.19. The Kier molecular flexibility index (Phi) is 8.69. The van der Waals surface area contributed by atoms with Gasteiger partial charge in [-0.2, -0.15) is 4.31 Å². The molecule has 1 aliphatic rings. The molecule has 1 saturated heterocycles. The van der Waals surface area contributed by atoms with Crippen molar-refractivity contribution in [2.45, 2.75) is 30.4 Å². The normalized spacial score (nSPS) is 14.9. The van der Waals surface area contributed by atoms with E-state index in [0.717, 1.165) is 16.3 Å². The highest BCUT2D eigenvalue weighted by Gasteiger charge is 2.33. The molecular weight excluding hydrogens is 558 g/mol. The van der Waals surface area contributed by atoms with Crippen molar-refractivity contribution in [3.05, 3.63) is 90.5 Å². The van der Waals surface area contributed by atoms with E-state index in [9.17, 15) is 27.9 Å². The van der Waals surface area contributed by atoms with Crippen LogP contribution >= 0.6 is 0 Å². The maximum Gasteiger partial charge on any atom is 0.408 e. The third-order valence-electron chi connectivity index (χ3n) is 7.36. The Morgan fingerprint density at radius 2 is 1.40 bits per heavy atom. The van der Waals surface area contributed by atoms with Crippen LogP contribution in [-0.2, 0) is 31.0 Å². The highest BCUT2D eigenvalue weighted by molar-refractivity contribution is 7.89. The lowest BCUT2D eigenvalue weighted by molar-refractivity contribution is -0.140. The second-order valence-electron chi connectivity index (χ2n) is 10.1. The number of alkyl carbamates (subject to hydrolysis) is 1. The molecule has 1 fully saturated rings. The van der Waals surface area contributed by atoms with Crippen LogP contribution in [0.3, 0.4) is 0 Å². The SMILES string of the molecule is O=C(N[C@@H](CCC(=O)N1CCN(S(=O)(=O)c2c3ccccc3cc3ccccc23)CC1)C(=O)O)OCc1ccccc1. The summed E-state index contributed by atoms with van der Waals surface area (Å²) >= 11 is 0. The minimum Gasteiger partial charge on any atom is -0.480 e. The Labute approximate surface area is 243 Å². The second kappa shape index (κ2) is 12.6. The fourth-order valence-corrected chi connectivity index (χ4v) is 6.98. The number of rotatable bonds is 9. The van der Waals surface area contributed by atoms with Crippen molar-refractivity contribution in [2.75, 3.05) is 26.2 Å². The van der Waals surface area contributed by atoms with E-state index in [1.165, 1.54) is 9.21 Å². The number of aliphatic carboxylic acids is 1. The maximum absolute atomic E-state index is 13.9. The van der Waals surface area contributed by atoms with Gasteiger partial charge in [-0.25, -0.2) is 18.0 Å². The van der Waals surface area contributed by atoms with Gasteiger partial charge < -0.3 is 20.1 Å². The molecule has 0 unspecified atom stereocenters. The number of sulfonamides is 1. The fraction of sp³-hybridized carbons (Fsp3) is 0.258. The number of hydrogen-bond donors (Lipinski definition) is 2. The zero-order valence-electron chi connectivity index (χ0n) is 22.8. The molecule has 5 rings (SSSR count). The predicted molar refractivity (Wildman–Crippen MR) is 157 cm³/mol. The molecule has 2 N–H and O–H groups in total. The summed E-state index contributed by atoms with van der Waals surface area (Å²) < 4.78 is 34.4. The highest BCUT2D eigenvalue weighted by atomic mass is 32.2. The van der Waals surface area contributed by atoms with Gasteiger partial charge in [-0.15, -0.1) is 0 Å². The van der Waals surface area contributed by atoms with Gasteiger partial charge in [0.05, 0.1) is 4.90 Å². The smallest absolute Gasteiger partial charge is 0.408 e. The number of benzene rings is 4. The standard InChI is InChI=1S/C31H31N3O7S/c35-28(15-14-27(30(36)37)32-31(38)41-21-22-8-2-1-3-9-22)33-16-18-34(19-17-33)42(39,40)29-25-12-6-4-10-23(25)20-24-11-5-7-13-26(24)29/h1-13,20,27H,14-19,21H2,(H,32,38)(H,36,37)/t27-/m0/s1. The molecule has 10 nitrogen and oxygen atoms in total. The first-order chi connectivity index (χ1) is 20.2. The lowest BCUT2D eigenvalue weighted by Gasteiger charge is -2.34. The zero-order valence-corrected chi connectivity index (χ0v) is 23.6. The molecular formula is C31H31N3O7S. The van der Waals surface area contributed by atoms with Gasteiger partial charge in [0.2, 0.25) is 15.9 Å². The van der Waals surface area contributed by atoms with Gasteiger partial charge in [0.15, 0.2) is 0 Å². The molecule has 4 aromatic carbocycles. The summed E-state index contributed by atoms with van der Waals surface area (Å²) in [6.07, 6.45) is -1.15. The molecule has 0 saturated carbocycles. The van der Waals surface area contributed by atoms with Crippen molar-refractivity contribution in [2.24, 2.45) is 0 Å². The van der Waals surface area contributed by atoms with Crippen LogP contribution in [-0.4, -0.2) is 72.9 Å². The van der Waals surface area contributed by atoms with E-state index in [1.54, 1.807) is 36.4 Å². The van der Waals surface area contributed by atoms with E-state index in [2.05, 4.69) is 5.32 Å². The number of nitrogens with one attached hydrogen (secondary N) is 1. The molecule has 0 spiro atoms. The summed E-state index contributed by atoms with van der Waals surface area (Å²) in [4.78, 5) is 38.5. The third kappa shape index (κ3) is 6.37. The molecule has 0 radical (unpaired) electrons. The van der Waals surface area contributed by atoms with E-state index in [4.69, 9.17) is 4.74 Å². The highest BCUT2D eigenvalue weighted by Crippen LogP contribution is 2.34. The van der Waals surface area contributed by atoms with Crippen molar-refractivity contribution in [3.8, 4) is 0 Å². The van der Waals surface area contributed by atoms with Crippen LogP contribution in [0.15, 0.2) is 89.8 Å². The van der Waals surface area contributed by atoms with Crippen LogP contribution in [0.4, 0.5) is 4.79 Å². The van der Waals surface area contributed by atoms with Crippen LogP contribution in [0.2, 0.25) is 0 Å². The Morgan fingerprint density at radius 1 is 0.833 bits per heavy atom. The Morgan fingerprint density at radius 3 is 2.00 bits per heavy atom. The molecule has 2 amide bonds. The van der Waals surface area contributed by atoms with Gasteiger partial charge in [0.1, 0.15) is 12.6 Å². The van der Waals surface area contributed by atoms with Crippen molar-refractivity contribution in [1.29, 1.82) is 0 Å². The van der Waals surface area contributed by atoms with Crippen molar-refractivity contribution >= 4 is 49.5 Å². The third-order valence-corrected chi connectivity index (χ3v) is 9.36. The molecule has 0 bridgehead atoms. The van der Waals surface area contributed by atoms with E-state index >= 15 is 0 Å². The largest absolute Gasteiger partial charge is 0.480 e. The number of ether oxygens (including phenoxy) is 1. The lowest BCUT2D eigenvalue weighted by Crippen LogP contribution is -2.51. The van der Waals surface area contributed by atoms with Crippen LogP contribution in [0, 0.1) is 0 Å². The van der Waals surface area contributed by atoms with E-state index in [0.29, 0.717) is 10.8 Å². The zero-order chi connectivity index (χ0) is 29.7. The molecule has 0 aromatic heterocycles. The number of amides is 2. The van der Waals surface area contributed by atoms with Crippen LogP contribution in [0.5, 0.6) is 0 Å². The van der Waals surface area contributed by atoms with E-state index < -0.39 is 28.1 Å². The number of carbonyl (C=O) groups is 3. The molecule has 218 valence electrons. The van der Waals surface area contributed by atoms with Crippen LogP contribution < -0.4 is 5.32 Å². The Hall–Kier alpha value is -4.48. The summed E-state index contributed by atoms with van der Waals surface area (Å²) in [5.74, 6) is -1.59. The molecule has 1 heterocycles. The summed E-state index contributed by atoms with van der Waals surface area (Å²) in [5, 5.41) is 14.8. The quantitative estimate of drug-likeness (QED) is 0.282. The van der Waals surface area contributed by atoms with Crippen molar-refractivity contribution in [1.82, 2.24) is 14.5 Å².